The monoisotopic (exact) mass is 227 g/mol. The lowest BCUT2D eigenvalue weighted by Gasteiger charge is -2.01. The van der Waals surface area contributed by atoms with Gasteiger partial charge >= 0.3 is 0 Å². The number of nitriles is 1. The van der Waals surface area contributed by atoms with Gasteiger partial charge in [0.1, 0.15) is 17.2 Å². The van der Waals surface area contributed by atoms with E-state index in [0.717, 1.165) is 22.3 Å². The Morgan fingerprint density at radius 1 is 1.31 bits per heavy atom. The molecule has 0 fully saturated rings. The number of aryl methyl sites for hydroxylation is 1. The first kappa shape index (κ1) is 10.6. The van der Waals surface area contributed by atoms with Crippen molar-refractivity contribution in [3.63, 3.8) is 0 Å². The summed E-state index contributed by atoms with van der Waals surface area (Å²) in [5, 5.41) is 8.75. The Hall–Kier alpha value is -1.92. The minimum absolute atomic E-state index is 0.701. The van der Waals surface area contributed by atoms with E-state index in [9.17, 15) is 4.79 Å². The molecule has 0 aliphatic carbocycles. The van der Waals surface area contributed by atoms with Crippen LogP contribution < -0.4 is 0 Å². The molecule has 0 spiro atoms. The first-order chi connectivity index (χ1) is 7.74. The van der Waals surface area contributed by atoms with E-state index < -0.39 is 0 Å². The van der Waals surface area contributed by atoms with Gasteiger partial charge in [0.05, 0.1) is 0 Å². The average Bonchev–Trinajstić information content (AvgIpc) is 2.77. The van der Waals surface area contributed by atoms with Crippen LogP contribution in [0.4, 0.5) is 0 Å². The molecule has 1 aromatic heterocycles. The summed E-state index contributed by atoms with van der Waals surface area (Å²) in [6.07, 6.45) is 0.855. The first-order valence-corrected chi connectivity index (χ1v) is 5.62. The first-order valence-electron chi connectivity index (χ1n) is 4.80. The largest absolute Gasteiger partial charge is 0.298 e. The second-order valence-electron chi connectivity index (χ2n) is 3.46. The molecule has 1 heterocycles. The number of aldehydes is 1. The van der Waals surface area contributed by atoms with Crippen LogP contribution in [-0.2, 0) is 0 Å². The molecule has 1 aromatic carbocycles. The molecule has 0 saturated carbocycles. The van der Waals surface area contributed by atoms with Gasteiger partial charge < -0.3 is 0 Å². The molecular formula is C13H9NOS. The normalized spacial score (nSPS) is 9.75. The quantitative estimate of drug-likeness (QED) is 0.738. The van der Waals surface area contributed by atoms with Crippen molar-refractivity contribution in [2.75, 3.05) is 0 Å². The van der Waals surface area contributed by atoms with E-state index >= 15 is 0 Å². The maximum atomic E-state index is 10.7. The van der Waals surface area contributed by atoms with Crippen LogP contribution >= 0.6 is 11.3 Å². The van der Waals surface area contributed by atoms with Gasteiger partial charge in [0.15, 0.2) is 0 Å². The Kier molecular flexibility index (Phi) is 2.84. The van der Waals surface area contributed by atoms with Crippen LogP contribution in [0.1, 0.15) is 20.8 Å². The van der Waals surface area contributed by atoms with Gasteiger partial charge in [-0.25, -0.2) is 0 Å². The zero-order chi connectivity index (χ0) is 11.5. The highest BCUT2D eigenvalue weighted by molar-refractivity contribution is 7.16. The Bertz CT molecular complexity index is 578. The molecule has 0 aliphatic rings. The second kappa shape index (κ2) is 4.30. The third kappa shape index (κ3) is 1.88. The van der Waals surface area contributed by atoms with Gasteiger partial charge in [-0.15, -0.1) is 11.3 Å². The molecule has 0 atom stereocenters. The summed E-state index contributed by atoms with van der Waals surface area (Å²) in [6, 6.07) is 11.5. The second-order valence-corrected chi connectivity index (χ2v) is 4.55. The highest BCUT2D eigenvalue weighted by atomic mass is 32.1. The molecule has 16 heavy (non-hydrogen) atoms. The lowest BCUT2D eigenvalue weighted by atomic mass is 10.1. The number of carbonyl (C=O) groups is 1. The van der Waals surface area contributed by atoms with Gasteiger partial charge in [-0.1, -0.05) is 12.1 Å². The average molecular weight is 227 g/mol. The maximum absolute atomic E-state index is 10.7. The lowest BCUT2D eigenvalue weighted by Crippen LogP contribution is -1.85. The van der Waals surface area contributed by atoms with Crippen molar-refractivity contribution in [2.24, 2.45) is 0 Å². The fourth-order valence-electron chi connectivity index (χ4n) is 1.51. The molecule has 0 aliphatic heterocycles. The van der Waals surface area contributed by atoms with Gasteiger partial charge in [-0.05, 0) is 36.2 Å². The molecule has 2 aromatic rings. The summed E-state index contributed by atoms with van der Waals surface area (Å²) in [5.74, 6) is 0. The molecular weight excluding hydrogens is 218 g/mol. The summed E-state index contributed by atoms with van der Waals surface area (Å²) in [6.45, 7) is 1.91. The Morgan fingerprint density at radius 3 is 2.69 bits per heavy atom. The zero-order valence-electron chi connectivity index (χ0n) is 8.73. The SMILES string of the molecule is Cc1cc(-c2ccc(C#N)s2)ccc1C=O. The van der Waals surface area contributed by atoms with E-state index in [4.69, 9.17) is 5.26 Å². The third-order valence-electron chi connectivity index (χ3n) is 2.40. The number of hydrogen-bond donors (Lipinski definition) is 0. The summed E-state index contributed by atoms with van der Waals surface area (Å²) in [4.78, 5) is 12.4. The van der Waals surface area contributed by atoms with E-state index in [-0.39, 0.29) is 0 Å². The van der Waals surface area contributed by atoms with Crippen molar-refractivity contribution < 1.29 is 4.79 Å². The fraction of sp³-hybridized carbons (Fsp3) is 0.0769. The minimum Gasteiger partial charge on any atom is -0.298 e. The van der Waals surface area contributed by atoms with E-state index in [1.54, 1.807) is 0 Å². The number of benzene rings is 1. The summed E-state index contributed by atoms with van der Waals surface area (Å²) in [7, 11) is 0. The molecule has 0 radical (unpaired) electrons. The molecule has 3 heteroatoms. The van der Waals surface area contributed by atoms with Crippen LogP contribution in [0.2, 0.25) is 0 Å². The maximum Gasteiger partial charge on any atom is 0.150 e. The van der Waals surface area contributed by atoms with Crippen LogP contribution in [0.3, 0.4) is 0 Å². The minimum atomic E-state index is 0.701. The number of rotatable bonds is 2. The smallest absolute Gasteiger partial charge is 0.150 e. The summed E-state index contributed by atoms with van der Waals surface area (Å²) < 4.78 is 0. The standard InChI is InChI=1S/C13H9NOS/c1-9-6-10(2-3-11(9)8-15)13-5-4-12(7-14)16-13/h2-6,8H,1H3. The van der Waals surface area contributed by atoms with Gasteiger partial charge in [0, 0.05) is 10.4 Å². The topological polar surface area (TPSA) is 40.9 Å². The molecule has 2 nitrogen and oxygen atoms in total. The van der Waals surface area contributed by atoms with Crippen LogP contribution in [0.5, 0.6) is 0 Å². The lowest BCUT2D eigenvalue weighted by molar-refractivity contribution is 0.112. The van der Waals surface area contributed by atoms with Gasteiger partial charge in [0.2, 0.25) is 0 Å². The molecule has 78 valence electrons. The van der Waals surface area contributed by atoms with Crippen molar-refractivity contribution in [1.82, 2.24) is 0 Å². The van der Waals surface area contributed by atoms with Gasteiger partial charge in [-0.3, -0.25) is 4.79 Å². The highest BCUT2D eigenvalue weighted by Crippen LogP contribution is 2.28. The Morgan fingerprint density at radius 2 is 2.12 bits per heavy atom. The third-order valence-corrected chi connectivity index (χ3v) is 3.44. The van der Waals surface area contributed by atoms with E-state index in [1.165, 1.54) is 11.3 Å². The van der Waals surface area contributed by atoms with Crippen LogP contribution in [-0.4, -0.2) is 6.29 Å². The highest BCUT2D eigenvalue weighted by Gasteiger charge is 2.04. The van der Waals surface area contributed by atoms with Crippen molar-refractivity contribution in [3.05, 3.63) is 46.3 Å². The van der Waals surface area contributed by atoms with Crippen molar-refractivity contribution in [1.29, 1.82) is 5.26 Å². The molecule has 0 unspecified atom stereocenters. The molecule has 0 amide bonds. The van der Waals surface area contributed by atoms with Crippen LogP contribution in [0.15, 0.2) is 30.3 Å². The van der Waals surface area contributed by atoms with Crippen molar-refractivity contribution in [3.8, 4) is 16.5 Å². The summed E-state index contributed by atoms with van der Waals surface area (Å²) >= 11 is 1.46. The van der Waals surface area contributed by atoms with Gasteiger partial charge in [-0.2, -0.15) is 5.26 Å². The predicted molar refractivity (Wildman–Crippen MR) is 64.6 cm³/mol. The Labute approximate surface area is 97.8 Å². The number of nitrogens with zero attached hydrogens (tertiary/aromatic N) is 1. The number of hydrogen-bond acceptors (Lipinski definition) is 3. The molecule has 0 bridgehead atoms. The summed E-state index contributed by atoms with van der Waals surface area (Å²) in [5.41, 5.74) is 2.72. The van der Waals surface area contributed by atoms with Crippen molar-refractivity contribution >= 4 is 17.6 Å². The number of thiophene rings is 1. The van der Waals surface area contributed by atoms with E-state index in [0.29, 0.717) is 10.4 Å². The zero-order valence-corrected chi connectivity index (χ0v) is 9.54. The Balaban J connectivity index is 2.45. The number of carbonyl (C=O) groups excluding carboxylic acids is 1. The molecule has 0 saturated heterocycles. The van der Waals surface area contributed by atoms with Crippen LogP contribution in [0, 0.1) is 18.3 Å². The van der Waals surface area contributed by atoms with Crippen molar-refractivity contribution in [2.45, 2.75) is 6.92 Å². The van der Waals surface area contributed by atoms with E-state index in [2.05, 4.69) is 6.07 Å². The fourth-order valence-corrected chi connectivity index (χ4v) is 2.31. The predicted octanol–water partition coefficient (Wildman–Crippen LogP) is 3.41. The van der Waals surface area contributed by atoms with Crippen LogP contribution in [0.25, 0.3) is 10.4 Å². The van der Waals surface area contributed by atoms with Gasteiger partial charge in [0.25, 0.3) is 0 Å². The molecule has 0 N–H and O–H groups in total. The molecule has 2 rings (SSSR count). The van der Waals surface area contributed by atoms with E-state index in [1.807, 2.05) is 37.3 Å².